The summed E-state index contributed by atoms with van der Waals surface area (Å²) in [7, 11) is 0. The molecule has 6 heteroatoms. The lowest BCUT2D eigenvalue weighted by Gasteiger charge is -2.23. The summed E-state index contributed by atoms with van der Waals surface area (Å²) >= 11 is 0. The quantitative estimate of drug-likeness (QED) is 0.849. The number of carbonyl (C=O) groups excluding carboxylic acids is 1. The highest BCUT2D eigenvalue weighted by atomic mass is 19.3. The van der Waals surface area contributed by atoms with Crippen LogP contribution in [-0.4, -0.2) is 24.1 Å². The van der Waals surface area contributed by atoms with Gasteiger partial charge in [0.1, 0.15) is 17.4 Å². The monoisotopic (exact) mass is 301 g/mol. The van der Waals surface area contributed by atoms with Crippen LogP contribution in [0.2, 0.25) is 0 Å². The Balaban J connectivity index is 2.88. The van der Waals surface area contributed by atoms with E-state index < -0.39 is 23.5 Å². The lowest BCUT2D eigenvalue weighted by Crippen LogP contribution is -2.41. The fourth-order valence-electron chi connectivity index (χ4n) is 1.66. The van der Waals surface area contributed by atoms with E-state index in [1.54, 1.807) is 12.1 Å². The highest BCUT2D eigenvalue weighted by molar-refractivity contribution is 5.78. The molecule has 0 amide bonds. The standard InChI is InChI=1S/C15H21F2NO3/c1-5-20-13(19)15(16,17)12(18)10-6-8-11(9-7-10)21-14(2,3)4/h6-9,12H,5,18H2,1-4H3/t12-/m1/s1. The van der Waals surface area contributed by atoms with Crippen molar-refractivity contribution in [3.05, 3.63) is 29.8 Å². The van der Waals surface area contributed by atoms with Crippen LogP contribution in [0.4, 0.5) is 8.78 Å². The minimum Gasteiger partial charge on any atom is -0.488 e. The SMILES string of the molecule is CCOC(=O)C(F)(F)[C@H](N)c1ccc(OC(C)(C)C)cc1. The molecule has 0 heterocycles. The molecule has 1 rings (SSSR count). The van der Waals surface area contributed by atoms with Gasteiger partial charge in [-0.1, -0.05) is 12.1 Å². The molecule has 0 spiro atoms. The van der Waals surface area contributed by atoms with Gasteiger partial charge < -0.3 is 15.2 Å². The number of hydrogen-bond donors (Lipinski definition) is 1. The van der Waals surface area contributed by atoms with Crippen molar-refractivity contribution < 1.29 is 23.0 Å². The minimum absolute atomic E-state index is 0.125. The average molecular weight is 301 g/mol. The van der Waals surface area contributed by atoms with E-state index in [0.717, 1.165) is 0 Å². The number of hydrogen-bond acceptors (Lipinski definition) is 4. The highest BCUT2D eigenvalue weighted by Gasteiger charge is 2.47. The molecule has 0 fully saturated rings. The maximum Gasteiger partial charge on any atom is 0.379 e. The molecule has 0 saturated heterocycles. The van der Waals surface area contributed by atoms with E-state index in [9.17, 15) is 13.6 Å². The number of benzene rings is 1. The number of halogens is 2. The maximum absolute atomic E-state index is 13.8. The summed E-state index contributed by atoms with van der Waals surface area (Å²) in [6.07, 6.45) is 0. The summed E-state index contributed by atoms with van der Waals surface area (Å²) in [6.45, 7) is 6.96. The summed E-state index contributed by atoms with van der Waals surface area (Å²) in [5.74, 6) is -4.85. The van der Waals surface area contributed by atoms with Crippen LogP contribution in [0.3, 0.4) is 0 Å². The zero-order valence-electron chi connectivity index (χ0n) is 12.7. The second kappa shape index (κ2) is 6.39. The van der Waals surface area contributed by atoms with Crippen molar-refractivity contribution >= 4 is 5.97 Å². The lowest BCUT2D eigenvalue weighted by molar-refractivity contribution is -0.174. The van der Waals surface area contributed by atoms with Crippen LogP contribution in [0.15, 0.2) is 24.3 Å². The van der Waals surface area contributed by atoms with Crippen LogP contribution in [0.5, 0.6) is 5.75 Å². The first-order valence-corrected chi connectivity index (χ1v) is 6.67. The molecule has 4 nitrogen and oxygen atoms in total. The van der Waals surface area contributed by atoms with Crippen molar-refractivity contribution in [2.75, 3.05) is 6.61 Å². The van der Waals surface area contributed by atoms with Gasteiger partial charge in [0.15, 0.2) is 0 Å². The number of alkyl halides is 2. The first kappa shape index (κ1) is 17.4. The number of nitrogens with two attached hydrogens (primary N) is 1. The molecular weight excluding hydrogens is 280 g/mol. The van der Waals surface area contributed by atoms with E-state index in [4.69, 9.17) is 10.5 Å². The molecule has 0 radical (unpaired) electrons. The van der Waals surface area contributed by atoms with Crippen molar-refractivity contribution in [3.63, 3.8) is 0 Å². The molecule has 0 unspecified atom stereocenters. The third-order valence-corrected chi connectivity index (χ3v) is 2.60. The van der Waals surface area contributed by atoms with Crippen molar-refractivity contribution in [1.82, 2.24) is 0 Å². The molecule has 1 aromatic carbocycles. The van der Waals surface area contributed by atoms with Crippen LogP contribution in [0, 0.1) is 0 Å². The number of rotatable bonds is 5. The Morgan fingerprint density at radius 1 is 1.24 bits per heavy atom. The first-order valence-electron chi connectivity index (χ1n) is 6.67. The molecule has 0 bridgehead atoms. The van der Waals surface area contributed by atoms with Crippen LogP contribution in [-0.2, 0) is 9.53 Å². The Bertz CT molecular complexity index is 481. The molecule has 21 heavy (non-hydrogen) atoms. The molecule has 1 aromatic rings. The Morgan fingerprint density at radius 3 is 2.19 bits per heavy atom. The van der Waals surface area contributed by atoms with Gasteiger partial charge in [0.05, 0.1) is 6.61 Å². The molecule has 1 atom stereocenters. The molecule has 0 saturated carbocycles. The number of carbonyl (C=O) groups is 1. The van der Waals surface area contributed by atoms with E-state index in [1.165, 1.54) is 19.1 Å². The molecular formula is C15H21F2NO3. The van der Waals surface area contributed by atoms with E-state index in [-0.39, 0.29) is 12.2 Å². The zero-order chi connectivity index (χ0) is 16.3. The van der Waals surface area contributed by atoms with Crippen LogP contribution < -0.4 is 10.5 Å². The van der Waals surface area contributed by atoms with E-state index >= 15 is 0 Å². The normalized spacial score (nSPS) is 13.7. The van der Waals surface area contributed by atoms with Crippen molar-refractivity contribution in [3.8, 4) is 5.75 Å². The minimum atomic E-state index is -3.78. The summed E-state index contributed by atoms with van der Waals surface area (Å²) in [5, 5.41) is 0. The lowest BCUT2D eigenvalue weighted by atomic mass is 10.0. The predicted molar refractivity (Wildman–Crippen MR) is 75.3 cm³/mol. The van der Waals surface area contributed by atoms with Gasteiger partial charge in [-0.3, -0.25) is 0 Å². The summed E-state index contributed by atoms with van der Waals surface area (Å²) < 4.78 is 37.6. The third kappa shape index (κ3) is 4.67. The van der Waals surface area contributed by atoms with Gasteiger partial charge in [0.25, 0.3) is 0 Å². The first-order chi connectivity index (χ1) is 9.58. The van der Waals surface area contributed by atoms with E-state index in [2.05, 4.69) is 4.74 Å². The Hall–Kier alpha value is -1.69. The van der Waals surface area contributed by atoms with E-state index in [1.807, 2.05) is 20.8 Å². The second-order valence-electron chi connectivity index (χ2n) is 5.60. The van der Waals surface area contributed by atoms with Gasteiger partial charge in [-0.15, -0.1) is 0 Å². The molecule has 0 aromatic heterocycles. The topological polar surface area (TPSA) is 61.5 Å². The van der Waals surface area contributed by atoms with Crippen molar-refractivity contribution in [2.24, 2.45) is 5.73 Å². The van der Waals surface area contributed by atoms with Gasteiger partial charge >= 0.3 is 11.9 Å². The van der Waals surface area contributed by atoms with Crippen molar-refractivity contribution in [2.45, 2.75) is 45.3 Å². The third-order valence-electron chi connectivity index (χ3n) is 2.60. The van der Waals surface area contributed by atoms with Gasteiger partial charge in [-0.05, 0) is 45.4 Å². The van der Waals surface area contributed by atoms with Gasteiger partial charge in [-0.25, -0.2) is 4.79 Å². The summed E-state index contributed by atoms with van der Waals surface area (Å²) in [5.41, 5.74) is 5.23. The molecule has 0 aliphatic rings. The summed E-state index contributed by atoms with van der Waals surface area (Å²) in [4.78, 5) is 11.3. The molecule has 0 aliphatic carbocycles. The average Bonchev–Trinajstić information content (AvgIpc) is 2.37. The smallest absolute Gasteiger partial charge is 0.379 e. The fourth-order valence-corrected chi connectivity index (χ4v) is 1.66. The molecule has 118 valence electrons. The largest absolute Gasteiger partial charge is 0.488 e. The van der Waals surface area contributed by atoms with Gasteiger partial charge in [-0.2, -0.15) is 8.78 Å². The Labute approximate surface area is 123 Å². The number of esters is 1. The number of ether oxygens (including phenoxy) is 2. The maximum atomic E-state index is 13.8. The molecule has 2 N–H and O–H groups in total. The zero-order valence-corrected chi connectivity index (χ0v) is 12.7. The van der Waals surface area contributed by atoms with Crippen LogP contribution >= 0.6 is 0 Å². The fraction of sp³-hybridized carbons (Fsp3) is 0.533. The Morgan fingerprint density at radius 2 is 1.76 bits per heavy atom. The van der Waals surface area contributed by atoms with Gasteiger partial charge in [0, 0.05) is 0 Å². The van der Waals surface area contributed by atoms with E-state index in [0.29, 0.717) is 5.75 Å². The van der Waals surface area contributed by atoms with Gasteiger partial charge in [0.2, 0.25) is 0 Å². The second-order valence-corrected chi connectivity index (χ2v) is 5.60. The van der Waals surface area contributed by atoms with Crippen molar-refractivity contribution in [1.29, 1.82) is 0 Å². The van der Waals surface area contributed by atoms with Crippen LogP contribution in [0.1, 0.15) is 39.3 Å². The summed E-state index contributed by atoms with van der Waals surface area (Å²) in [6, 6.07) is 4.15. The highest BCUT2D eigenvalue weighted by Crippen LogP contribution is 2.31. The predicted octanol–water partition coefficient (Wildman–Crippen LogP) is 3.06. The molecule has 0 aliphatic heterocycles. The Kier molecular flexibility index (Phi) is 5.28. The van der Waals surface area contributed by atoms with Crippen LogP contribution in [0.25, 0.3) is 0 Å².